The SMILES string of the molecule is CC1COC2(COC(C)OC2)OC1.CCc1nc(C)nc(CC)n1.Cn1c(=O)n(C)c(=O)n(C)c1=O. The molecule has 36 heavy (non-hydrogen) atoms. The number of ether oxygens (including phenoxy) is 4. The normalized spacial score (nSPS) is 23.3. The third kappa shape index (κ3) is 7.63. The third-order valence-electron chi connectivity index (χ3n) is 5.53. The van der Waals surface area contributed by atoms with Gasteiger partial charge in [-0.15, -0.1) is 0 Å². The van der Waals surface area contributed by atoms with E-state index in [4.69, 9.17) is 18.9 Å². The smallest absolute Gasteiger partial charge is 0.335 e. The van der Waals surface area contributed by atoms with Crippen LogP contribution in [0.4, 0.5) is 0 Å². The molecule has 2 aliphatic heterocycles. The van der Waals surface area contributed by atoms with Crippen LogP contribution in [0, 0.1) is 12.8 Å². The van der Waals surface area contributed by atoms with Crippen molar-refractivity contribution >= 4 is 0 Å². The highest BCUT2D eigenvalue weighted by atomic mass is 16.8. The Kier molecular flexibility index (Phi) is 10.6. The fourth-order valence-corrected chi connectivity index (χ4v) is 3.26. The van der Waals surface area contributed by atoms with Gasteiger partial charge in [0.2, 0.25) is 5.79 Å². The predicted molar refractivity (Wildman–Crippen MR) is 131 cm³/mol. The number of aromatic nitrogens is 6. The maximum atomic E-state index is 11.1. The van der Waals surface area contributed by atoms with E-state index in [0.717, 1.165) is 57.2 Å². The highest BCUT2D eigenvalue weighted by Crippen LogP contribution is 2.26. The topological polar surface area (TPSA) is 142 Å². The molecule has 13 nitrogen and oxygen atoms in total. The van der Waals surface area contributed by atoms with E-state index in [1.807, 2.05) is 27.7 Å². The molecule has 202 valence electrons. The molecule has 0 unspecified atom stereocenters. The fraction of sp³-hybridized carbons (Fsp3) is 0.739. The van der Waals surface area contributed by atoms with Gasteiger partial charge in [0.15, 0.2) is 6.29 Å². The number of hydrogen-bond donors (Lipinski definition) is 0. The van der Waals surface area contributed by atoms with Crippen LogP contribution in [0.5, 0.6) is 0 Å². The fourth-order valence-electron chi connectivity index (χ4n) is 3.26. The van der Waals surface area contributed by atoms with Crippen molar-refractivity contribution in [1.82, 2.24) is 28.7 Å². The molecule has 2 aromatic heterocycles. The van der Waals surface area contributed by atoms with Gasteiger partial charge in [-0.1, -0.05) is 20.8 Å². The first-order chi connectivity index (χ1) is 16.9. The molecule has 0 N–H and O–H groups in total. The van der Waals surface area contributed by atoms with E-state index >= 15 is 0 Å². The molecule has 4 heterocycles. The first-order valence-electron chi connectivity index (χ1n) is 12.0. The minimum absolute atomic E-state index is 0.142. The lowest BCUT2D eigenvalue weighted by Crippen LogP contribution is -2.54. The van der Waals surface area contributed by atoms with Gasteiger partial charge in [0.05, 0.1) is 13.2 Å². The maximum absolute atomic E-state index is 11.1. The molecule has 4 rings (SSSR count). The van der Waals surface area contributed by atoms with Crippen molar-refractivity contribution in [2.45, 2.75) is 59.5 Å². The van der Waals surface area contributed by atoms with Gasteiger partial charge in [-0.05, 0) is 13.8 Å². The summed E-state index contributed by atoms with van der Waals surface area (Å²) >= 11 is 0. The first kappa shape index (κ1) is 29.5. The molecule has 2 aliphatic rings. The van der Waals surface area contributed by atoms with Crippen LogP contribution in [-0.2, 0) is 52.9 Å². The van der Waals surface area contributed by atoms with E-state index in [0.29, 0.717) is 19.1 Å². The second-order valence-electron chi connectivity index (χ2n) is 8.77. The summed E-state index contributed by atoms with van der Waals surface area (Å²) in [4.78, 5) is 45.8. The van der Waals surface area contributed by atoms with E-state index < -0.39 is 22.9 Å². The van der Waals surface area contributed by atoms with Crippen LogP contribution in [0.2, 0.25) is 0 Å². The van der Waals surface area contributed by atoms with Crippen LogP contribution in [0.25, 0.3) is 0 Å². The monoisotopic (exact) mass is 510 g/mol. The van der Waals surface area contributed by atoms with Gasteiger partial charge in [-0.3, -0.25) is 0 Å². The van der Waals surface area contributed by atoms with E-state index in [-0.39, 0.29) is 6.29 Å². The molecule has 0 bridgehead atoms. The van der Waals surface area contributed by atoms with Gasteiger partial charge in [0.1, 0.15) is 30.7 Å². The van der Waals surface area contributed by atoms with E-state index in [2.05, 4.69) is 21.9 Å². The highest BCUT2D eigenvalue weighted by Gasteiger charge is 2.41. The molecule has 0 radical (unpaired) electrons. The molecule has 0 saturated carbocycles. The molecule has 2 fully saturated rings. The van der Waals surface area contributed by atoms with Gasteiger partial charge < -0.3 is 18.9 Å². The number of hydrogen-bond acceptors (Lipinski definition) is 10. The average molecular weight is 511 g/mol. The quantitative estimate of drug-likeness (QED) is 0.535. The van der Waals surface area contributed by atoms with Crippen molar-refractivity contribution < 1.29 is 18.9 Å². The maximum Gasteiger partial charge on any atom is 0.335 e. The lowest BCUT2D eigenvalue weighted by molar-refractivity contribution is -0.369. The van der Waals surface area contributed by atoms with Crippen molar-refractivity contribution in [2.75, 3.05) is 26.4 Å². The van der Waals surface area contributed by atoms with Crippen LogP contribution in [0.15, 0.2) is 14.4 Å². The van der Waals surface area contributed by atoms with Gasteiger partial charge >= 0.3 is 17.1 Å². The summed E-state index contributed by atoms with van der Waals surface area (Å²) in [6.45, 7) is 12.4. The van der Waals surface area contributed by atoms with Gasteiger partial charge in [-0.25, -0.2) is 43.0 Å². The van der Waals surface area contributed by atoms with Crippen LogP contribution in [0.1, 0.15) is 45.2 Å². The largest absolute Gasteiger partial charge is 0.347 e. The van der Waals surface area contributed by atoms with E-state index in [1.165, 1.54) is 21.1 Å². The summed E-state index contributed by atoms with van der Waals surface area (Å²) in [5, 5.41) is 0. The van der Waals surface area contributed by atoms with Crippen molar-refractivity contribution in [3.63, 3.8) is 0 Å². The average Bonchev–Trinajstić information content (AvgIpc) is 2.89. The standard InChI is InChI=1S/C9H16O4.C8H13N3.C6H9N3O3/c1-7-3-12-9(13-4-7)5-10-8(2)11-6-9;1-4-7-9-6(3)10-8(5-2)11-7;1-7-4(10)8(2)6(12)9(3)5(7)11/h7-8H,3-6H2,1-2H3;4-5H2,1-3H3;1-3H3. The minimum atomic E-state index is -0.626. The van der Waals surface area contributed by atoms with Crippen molar-refractivity contribution in [2.24, 2.45) is 27.1 Å². The van der Waals surface area contributed by atoms with Crippen molar-refractivity contribution in [3.8, 4) is 0 Å². The van der Waals surface area contributed by atoms with Crippen molar-refractivity contribution in [3.05, 3.63) is 48.9 Å². The second-order valence-corrected chi connectivity index (χ2v) is 8.77. The Bertz CT molecular complexity index is 1030. The Morgan fingerprint density at radius 2 is 1.17 bits per heavy atom. The Hall–Kier alpha value is -2.74. The molecule has 13 heteroatoms. The molecule has 0 amide bonds. The van der Waals surface area contributed by atoms with Gasteiger partial charge in [0.25, 0.3) is 0 Å². The first-order valence-corrected chi connectivity index (χ1v) is 12.0. The molecule has 1 spiro atoms. The lowest BCUT2D eigenvalue weighted by Gasteiger charge is -2.42. The van der Waals surface area contributed by atoms with E-state index in [9.17, 15) is 14.4 Å². The van der Waals surface area contributed by atoms with Crippen molar-refractivity contribution in [1.29, 1.82) is 0 Å². The Morgan fingerprint density at radius 3 is 1.53 bits per heavy atom. The highest BCUT2D eigenvalue weighted by molar-refractivity contribution is 4.95. The molecule has 2 aromatic rings. The Balaban J connectivity index is 0.000000191. The molecule has 0 aromatic carbocycles. The number of aryl methyl sites for hydroxylation is 3. The number of rotatable bonds is 2. The predicted octanol–water partition coefficient (Wildman–Crippen LogP) is -0.154. The molecule has 2 saturated heterocycles. The second kappa shape index (κ2) is 13.0. The Morgan fingerprint density at radius 1 is 0.778 bits per heavy atom. The summed E-state index contributed by atoms with van der Waals surface area (Å²) in [5.74, 6) is 2.46. The zero-order valence-electron chi connectivity index (χ0n) is 22.4. The zero-order valence-corrected chi connectivity index (χ0v) is 22.4. The van der Waals surface area contributed by atoms with Crippen LogP contribution < -0.4 is 17.1 Å². The number of nitrogens with zero attached hydrogens (tertiary/aromatic N) is 6. The summed E-state index contributed by atoms with van der Waals surface area (Å²) in [5.41, 5.74) is -1.82. The zero-order chi connectivity index (χ0) is 27.0. The van der Waals surface area contributed by atoms with Gasteiger partial charge in [-0.2, -0.15) is 0 Å². The Labute approximate surface area is 210 Å². The molecular formula is C23H38N6O7. The van der Waals surface area contributed by atoms with Crippen LogP contribution in [-0.4, -0.2) is 67.2 Å². The summed E-state index contributed by atoms with van der Waals surface area (Å²) in [7, 11) is 3.97. The third-order valence-corrected chi connectivity index (χ3v) is 5.53. The summed E-state index contributed by atoms with van der Waals surface area (Å²) in [6.07, 6.45) is 1.63. The molecule has 0 atom stereocenters. The summed E-state index contributed by atoms with van der Waals surface area (Å²) in [6, 6.07) is 0. The lowest BCUT2D eigenvalue weighted by atomic mass is 10.1. The minimum Gasteiger partial charge on any atom is -0.347 e. The van der Waals surface area contributed by atoms with Gasteiger partial charge in [0, 0.05) is 39.9 Å². The molecule has 0 aliphatic carbocycles. The summed E-state index contributed by atoms with van der Waals surface area (Å²) < 4.78 is 24.5. The van der Waals surface area contributed by atoms with Crippen LogP contribution >= 0.6 is 0 Å². The van der Waals surface area contributed by atoms with E-state index in [1.54, 1.807) is 0 Å². The molecular weight excluding hydrogens is 472 g/mol. The van der Waals surface area contributed by atoms with Crippen LogP contribution in [0.3, 0.4) is 0 Å².